The molecule has 1 atom stereocenters. The van der Waals surface area contributed by atoms with Gasteiger partial charge in [-0.2, -0.15) is 18.3 Å². The maximum absolute atomic E-state index is 12.8. The fourth-order valence-electron chi connectivity index (χ4n) is 2.70. The van der Waals surface area contributed by atoms with Crippen LogP contribution in [-0.4, -0.2) is 25.8 Å². The quantitative estimate of drug-likeness (QED) is 0.688. The van der Waals surface area contributed by atoms with E-state index in [1.807, 2.05) is 13.8 Å². The second-order valence-electron chi connectivity index (χ2n) is 6.97. The fraction of sp³-hybridized carbons (Fsp3) is 0.368. The summed E-state index contributed by atoms with van der Waals surface area (Å²) in [6.07, 6.45) is -3.49. The number of amides is 1. The van der Waals surface area contributed by atoms with Crippen molar-refractivity contribution in [1.82, 2.24) is 25.2 Å². The van der Waals surface area contributed by atoms with Gasteiger partial charge in [-0.1, -0.05) is 19.0 Å². The number of carbonyl (C=O) groups is 1. The molecule has 7 nitrogen and oxygen atoms in total. The standard InChI is InChI=1S/C19H20F3N5O2/c1-10(2)13-8-15(27(4)25-13)18(28)24-11(3)16-9-14(26-29-16)12-5-6-23-17(7-12)19(20,21)22/h5-11H,1-4H3,(H,24,28)/t11-/m0/s1. The smallest absolute Gasteiger partial charge is 0.359 e. The normalized spacial score (nSPS) is 13.0. The minimum Gasteiger partial charge on any atom is -0.359 e. The van der Waals surface area contributed by atoms with Gasteiger partial charge in [0.05, 0.1) is 11.7 Å². The van der Waals surface area contributed by atoms with E-state index < -0.39 is 17.9 Å². The molecule has 0 fully saturated rings. The third-order valence-electron chi connectivity index (χ3n) is 4.37. The van der Waals surface area contributed by atoms with Gasteiger partial charge in [-0.25, -0.2) is 0 Å². The first-order chi connectivity index (χ1) is 13.6. The van der Waals surface area contributed by atoms with Gasteiger partial charge >= 0.3 is 6.18 Å². The molecule has 3 heterocycles. The first kappa shape index (κ1) is 20.6. The topological polar surface area (TPSA) is 85.8 Å². The molecule has 1 N–H and O–H groups in total. The molecular formula is C19H20F3N5O2. The van der Waals surface area contributed by atoms with E-state index in [1.54, 1.807) is 20.0 Å². The number of halogens is 3. The van der Waals surface area contributed by atoms with E-state index in [1.165, 1.54) is 16.8 Å². The van der Waals surface area contributed by atoms with Crippen LogP contribution in [0.4, 0.5) is 13.2 Å². The van der Waals surface area contributed by atoms with Crippen LogP contribution in [0.15, 0.2) is 35.0 Å². The summed E-state index contributed by atoms with van der Waals surface area (Å²) in [6, 6.07) is 4.96. The zero-order valence-corrected chi connectivity index (χ0v) is 16.3. The molecular weight excluding hydrogens is 387 g/mol. The molecule has 3 aromatic heterocycles. The van der Waals surface area contributed by atoms with E-state index in [4.69, 9.17) is 4.52 Å². The average Bonchev–Trinajstić information content (AvgIpc) is 3.28. The lowest BCUT2D eigenvalue weighted by Crippen LogP contribution is -2.28. The minimum atomic E-state index is -4.55. The van der Waals surface area contributed by atoms with Gasteiger partial charge in [0.25, 0.3) is 5.91 Å². The predicted octanol–water partition coefficient (Wildman–Crippen LogP) is 4.10. The van der Waals surface area contributed by atoms with Crippen LogP contribution in [0.1, 0.15) is 60.4 Å². The summed E-state index contributed by atoms with van der Waals surface area (Å²) in [6.45, 7) is 5.65. The van der Waals surface area contributed by atoms with Crippen LogP contribution in [0.5, 0.6) is 0 Å². The number of hydrogen-bond donors (Lipinski definition) is 1. The average molecular weight is 407 g/mol. The van der Waals surface area contributed by atoms with Gasteiger partial charge in [0.15, 0.2) is 5.76 Å². The summed E-state index contributed by atoms with van der Waals surface area (Å²) in [4.78, 5) is 15.9. The van der Waals surface area contributed by atoms with Crippen LogP contribution < -0.4 is 5.32 Å². The van der Waals surface area contributed by atoms with E-state index in [9.17, 15) is 18.0 Å². The number of aromatic nitrogens is 4. The van der Waals surface area contributed by atoms with E-state index >= 15 is 0 Å². The molecule has 154 valence electrons. The molecule has 29 heavy (non-hydrogen) atoms. The highest BCUT2D eigenvalue weighted by Gasteiger charge is 2.32. The number of pyridine rings is 1. The largest absolute Gasteiger partial charge is 0.433 e. The van der Waals surface area contributed by atoms with Crippen molar-refractivity contribution in [3.05, 3.63) is 53.3 Å². The van der Waals surface area contributed by atoms with Gasteiger partial charge in [0, 0.05) is 24.9 Å². The maximum Gasteiger partial charge on any atom is 0.433 e. The number of nitrogens with zero attached hydrogens (tertiary/aromatic N) is 4. The Morgan fingerprint density at radius 1 is 1.21 bits per heavy atom. The third kappa shape index (κ3) is 4.47. The van der Waals surface area contributed by atoms with Crippen LogP contribution in [0.25, 0.3) is 11.3 Å². The molecule has 1 amide bonds. The van der Waals surface area contributed by atoms with E-state index in [0.29, 0.717) is 11.5 Å². The fourth-order valence-corrected chi connectivity index (χ4v) is 2.70. The van der Waals surface area contributed by atoms with Crippen molar-refractivity contribution >= 4 is 5.91 Å². The van der Waals surface area contributed by atoms with Crippen LogP contribution in [-0.2, 0) is 13.2 Å². The first-order valence-electron chi connectivity index (χ1n) is 8.91. The van der Waals surface area contributed by atoms with Crippen molar-refractivity contribution in [1.29, 1.82) is 0 Å². The molecule has 0 bridgehead atoms. The summed E-state index contributed by atoms with van der Waals surface area (Å²) in [5.74, 6) is 0.143. The third-order valence-corrected chi connectivity index (χ3v) is 4.37. The molecule has 0 aromatic carbocycles. The molecule has 0 radical (unpaired) electrons. The van der Waals surface area contributed by atoms with E-state index in [2.05, 4.69) is 20.6 Å². The highest BCUT2D eigenvalue weighted by molar-refractivity contribution is 5.92. The van der Waals surface area contributed by atoms with Gasteiger partial charge in [-0.15, -0.1) is 0 Å². The Hall–Kier alpha value is -3.17. The molecule has 0 spiro atoms. The highest BCUT2D eigenvalue weighted by Crippen LogP contribution is 2.30. The van der Waals surface area contributed by atoms with E-state index in [0.717, 1.165) is 18.0 Å². The van der Waals surface area contributed by atoms with Crippen molar-refractivity contribution in [2.45, 2.75) is 38.9 Å². The Morgan fingerprint density at radius 3 is 2.55 bits per heavy atom. The summed E-state index contributed by atoms with van der Waals surface area (Å²) in [5, 5.41) is 10.9. The zero-order valence-electron chi connectivity index (χ0n) is 16.3. The molecule has 10 heteroatoms. The van der Waals surface area contributed by atoms with Crippen LogP contribution in [0, 0.1) is 0 Å². The maximum atomic E-state index is 12.8. The van der Waals surface area contributed by atoms with Gasteiger partial charge < -0.3 is 9.84 Å². The number of aryl methyl sites for hydroxylation is 1. The molecule has 0 aliphatic heterocycles. The van der Waals surface area contributed by atoms with Crippen LogP contribution >= 0.6 is 0 Å². The summed E-state index contributed by atoms with van der Waals surface area (Å²) < 4.78 is 45.3. The van der Waals surface area contributed by atoms with Crippen molar-refractivity contribution in [2.24, 2.45) is 7.05 Å². The predicted molar refractivity (Wildman–Crippen MR) is 97.9 cm³/mol. The monoisotopic (exact) mass is 407 g/mol. The van der Waals surface area contributed by atoms with Gasteiger partial charge in [0.2, 0.25) is 0 Å². The number of rotatable bonds is 5. The van der Waals surface area contributed by atoms with E-state index in [-0.39, 0.29) is 23.1 Å². The molecule has 0 aliphatic rings. The number of carbonyl (C=O) groups excluding carboxylic acids is 1. The minimum absolute atomic E-state index is 0.180. The Kier molecular flexibility index (Phi) is 5.45. The lowest BCUT2D eigenvalue weighted by molar-refractivity contribution is -0.141. The molecule has 0 saturated heterocycles. The summed E-state index contributed by atoms with van der Waals surface area (Å²) >= 11 is 0. The Morgan fingerprint density at radius 2 is 1.93 bits per heavy atom. The zero-order chi connectivity index (χ0) is 21.3. The second-order valence-corrected chi connectivity index (χ2v) is 6.97. The van der Waals surface area contributed by atoms with Gasteiger partial charge in [-0.3, -0.25) is 14.5 Å². The number of hydrogen-bond acceptors (Lipinski definition) is 5. The van der Waals surface area contributed by atoms with Gasteiger partial charge in [0.1, 0.15) is 17.1 Å². The first-order valence-corrected chi connectivity index (χ1v) is 8.91. The lowest BCUT2D eigenvalue weighted by atomic mass is 10.1. The summed E-state index contributed by atoms with van der Waals surface area (Å²) in [5.41, 5.74) is 0.610. The number of alkyl halides is 3. The SMILES string of the molecule is CC(C)c1cc(C(=O)N[C@@H](C)c2cc(-c3ccnc(C(F)(F)F)c3)no2)n(C)n1. The second kappa shape index (κ2) is 7.69. The molecule has 3 aromatic rings. The van der Waals surface area contributed by atoms with Crippen molar-refractivity contribution in [3.8, 4) is 11.3 Å². The van der Waals surface area contributed by atoms with Crippen molar-refractivity contribution in [2.75, 3.05) is 0 Å². The molecule has 0 unspecified atom stereocenters. The lowest BCUT2D eigenvalue weighted by Gasteiger charge is -2.10. The molecule has 3 rings (SSSR count). The Balaban J connectivity index is 1.76. The summed E-state index contributed by atoms with van der Waals surface area (Å²) in [7, 11) is 1.68. The van der Waals surface area contributed by atoms with Crippen molar-refractivity contribution in [3.63, 3.8) is 0 Å². The molecule has 0 aliphatic carbocycles. The number of nitrogens with one attached hydrogen (secondary N) is 1. The highest BCUT2D eigenvalue weighted by atomic mass is 19.4. The van der Waals surface area contributed by atoms with Gasteiger partial charge in [-0.05, 0) is 31.0 Å². The molecule has 0 saturated carbocycles. The Bertz CT molecular complexity index is 1020. The van der Waals surface area contributed by atoms with Crippen LogP contribution in [0.2, 0.25) is 0 Å². The van der Waals surface area contributed by atoms with Crippen molar-refractivity contribution < 1.29 is 22.5 Å². The van der Waals surface area contributed by atoms with Crippen LogP contribution in [0.3, 0.4) is 0 Å². The Labute approximate surface area is 164 Å².